The summed E-state index contributed by atoms with van der Waals surface area (Å²) in [6.45, 7) is 1.85. The summed E-state index contributed by atoms with van der Waals surface area (Å²) in [5, 5.41) is 2.94. The highest BCUT2D eigenvalue weighted by Crippen LogP contribution is 2.29. The van der Waals surface area contributed by atoms with Gasteiger partial charge in [0, 0.05) is 18.2 Å². The number of hydrogen-bond donors (Lipinski definition) is 1. The lowest BCUT2D eigenvalue weighted by Crippen LogP contribution is -2.28. The summed E-state index contributed by atoms with van der Waals surface area (Å²) >= 11 is 0. The second-order valence-electron chi connectivity index (χ2n) is 7.14. The maximum Gasteiger partial charge on any atom is 0.264 e. The molecule has 0 aromatic heterocycles. The molecule has 0 fully saturated rings. The number of carbonyl (C=O) groups is 1. The summed E-state index contributed by atoms with van der Waals surface area (Å²) in [6, 6.07) is 19.6. The van der Waals surface area contributed by atoms with Crippen LogP contribution in [-0.4, -0.2) is 35.6 Å². The lowest BCUT2D eigenvalue weighted by molar-refractivity contribution is 0.0939. The van der Waals surface area contributed by atoms with Gasteiger partial charge in [0.05, 0.1) is 30.8 Å². The van der Waals surface area contributed by atoms with Crippen molar-refractivity contribution >= 4 is 21.6 Å². The zero-order valence-corrected chi connectivity index (χ0v) is 19.2. The van der Waals surface area contributed by atoms with E-state index in [1.165, 1.54) is 11.4 Å². The number of sulfonamides is 1. The van der Waals surface area contributed by atoms with E-state index >= 15 is 0 Å². The normalized spacial score (nSPS) is 12.0. The molecule has 3 aromatic carbocycles. The molecule has 0 saturated carbocycles. The molecule has 1 atom stereocenters. The highest BCUT2D eigenvalue weighted by atomic mass is 32.2. The van der Waals surface area contributed by atoms with E-state index in [0.717, 1.165) is 5.56 Å². The van der Waals surface area contributed by atoms with Gasteiger partial charge in [0.15, 0.2) is 0 Å². The molecule has 1 amide bonds. The van der Waals surface area contributed by atoms with E-state index in [2.05, 4.69) is 5.32 Å². The lowest BCUT2D eigenvalue weighted by atomic mass is 10.1. The minimum atomic E-state index is -3.69. The molecule has 0 aliphatic heterocycles. The van der Waals surface area contributed by atoms with Gasteiger partial charge in [0.25, 0.3) is 15.9 Å². The third-order valence-corrected chi connectivity index (χ3v) is 6.95. The first-order valence-corrected chi connectivity index (χ1v) is 11.4. The van der Waals surface area contributed by atoms with Crippen LogP contribution in [-0.2, 0) is 10.0 Å². The molecule has 0 aliphatic rings. The van der Waals surface area contributed by atoms with Crippen molar-refractivity contribution in [3.05, 3.63) is 83.9 Å². The van der Waals surface area contributed by atoms with Crippen LogP contribution in [0.25, 0.3) is 0 Å². The highest BCUT2D eigenvalue weighted by Gasteiger charge is 2.21. The van der Waals surface area contributed by atoms with Gasteiger partial charge in [-0.1, -0.05) is 18.2 Å². The second-order valence-corrected chi connectivity index (χ2v) is 9.10. The van der Waals surface area contributed by atoms with Crippen LogP contribution in [0.15, 0.2) is 77.7 Å². The molecule has 0 saturated heterocycles. The number of amides is 1. The van der Waals surface area contributed by atoms with E-state index in [9.17, 15) is 13.2 Å². The summed E-state index contributed by atoms with van der Waals surface area (Å²) < 4.78 is 37.4. The molecular weight excluding hydrogens is 428 g/mol. The minimum absolute atomic E-state index is 0.199. The quantitative estimate of drug-likeness (QED) is 0.556. The van der Waals surface area contributed by atoms with Crippen LogP contribution in [0.2, 0.25) is 0 Å². The van der Waals surface area contributed by atoms with Gasteiger partial charge >= 0.3 is 0 Å². The molecule has 1 unspecified atom stereocenters. The minimum Gasteiger partial charge on any atom is -0.497 e. The van der Waals surface area contributed by atoms with E-state index in [4.69, 9.17) is 9.47 Å². The summed E-state index contributed by atoms with van der Waals surface area (Å²) in [5.74, 6) is 1.01. The zero-order chi connectivity index (χ0) is 23.3. The van der Waals surface area contributed by atoms with Crippen LogP contribution in [0.3, 0.4) is 0 Å². The Morgan fingerprint density at radius 3 is 2.19 bits per heavy atom. The SMILES string of the molecule is COc1ccc(OC)c(C(C)NC(=O)c2ccc(N(C)S(=O)(=O)c3ccccc3)cc2)c1. The Hall–Kier alpha value is -3.52. The molecule has 0 radical (unpaired) electrons. The molecule has 0 heterocycles. The van der Waals surface area contributed by atoms with Crippen LogP contribution in [0.5, 0.6) is 11.5 Å². The molecular formula is C24H26N2O5S. The Balaban J connectivity index is 1.76. The standard InChI is InChI=1S/C24H26N2O5S/c1-17(22-16-20(30-3)14-15-23(22)31-4)25-24(27)18-10-12-19(13-11-18)26(2)32(28,29)21-8-6-5-7-9-21/h5-17H,1-4H3,(H,25,27). The van der Waals surface area contributed by atoms with Gasteiger partial charge in [-0.2, -0.15) is 0 Å². The van der Waals surface area contributed by atoms with Crippen molar-refractivity contribution in [3.8, 4) is 11.5 Å². The maximum absolute atomic E-state index is 12.8. The number of rotatable bonds is 8. The van der Waals surface area contributed by atoms with E-state index in [-0.39, 0.29) is 16.8 Å². The van der Waals surface area contributed by atoms with Crippen LogP contribution in [0.4, 0.5) is 5.69 Å². The van der Waals surface area contributed by atoms with Gasteiger partial charge in [0.1, 0.15) is 11.5 Å². The van der Waals surface area contributed by atoms with Crippen molar-refractivity contribution in [1.82, 2.24) is 5.32 Å². The van der Waals surface area contributed by atoms with E-state index in [1.54, 1.807) is 80.9 Å². The third kappa shape index (κ3) is 4.86. The summed E-state index contributed by atoms with van der Waals surface area (Å²) in [4.78, 5) is 13.0. The Morgan fingerprint density at radius 1 is 0.938 bits per heavy atom. The number of ether oxygens (including phenoxy) is 2. The van der Waals surface area contributed by atoms with Crippen LogP contribution >= 0.6 is 0 Å². The van der Waals surface area contributed by atoms with E-state index in [0.29, 0.717) is 22.7 Å². The van der Waals surface area contributed by atoms with Crippen molar-refractivity contribution < 1.29 is 22.7 Å². The largest absolute Gasteiger partial charge is 0.497 e. The number of carbonyl (C=O) groups excluding carboxylic acids is 1. The topological polar surface area (TPSA) is 84.9 Å². The first-order valence-electron chi connectivity index (χ1n) is 9.94. The van der Waals surface area contributed by atoms with Gasteiger partial charge in [-0.15, -0.1) is 0 Å². The number of hydrogen-bond acceptors (Lipinski definition) is 5. The molecule has 7 nitrogen and oxygen atoms in total. The molecule has 0 spiro atoms. The monoisotopic (exact) mass is 454 g/mol. The average molecular weight is 455 g/mol. The predicted molar refractivity (Wildman–Crippen MR) is 124 cm³/mol. The summed E-state index contributed by atoms with van der Waals surface area (Å²) in [6.07, 6.45) is 0. The number of benzene rings is 3. The van der Waals surface area contributed by atoms with Crippen molar-refractivity contribution in [2.45, 2.75) is 17.9 Å². The second kappa shape index (κ2) is 9.74. The summed E-state index contributed by atoms with van der Waals surface area (Å²) in [7, 11) is 0.936. The average Bonchev–Trinajstić information content (AvgIpc) is 2.83. The molecule has 168 valence electrons. The molecule has 0 aliphatic carbocycles. The molecule has 32 heavy (non-hydrogen) atoms. The zero-order valence-electron chi connectivity index (χ0n) is 18.4. The van der Waals surface area contributed by atoms with Gasteiger partial charge < -0.3 is 14.8 Å². The van der Waals surface area contributed by atoms with Crippen molar-refractivity contribution in [1.29, 1.82) is 0 Å². The first-order chi connectivity index (χ1) is 15.3. The van der Waals surface area contributed by atoms with Crippen molar-refractivity contribution in [2.75, 3.05) is 25.6 Å². The van der Waals surface area contributed by atoms with E-state index in [1.807, 2.05) is 13.0 Å². The Morgan fingerprint density at radius 2 is 1.59 bits per heavy atom. The first kappa shape index (κ1) is 23.1. The van der Waals surface area contributed by atoms with Crippen LogP contribution < -0.4 is 19.1 Å². The number of anilines is 1. The van der Waals surface area contributed by atoms with Crippen LogP contribution in [0.1, 0.15) is 28.9 Å². The molecule has 1 N–H and O–H groups in total. The van der Waals surface area contributed by atoms with Gasteiger partial charge in [-0.3, -0.25) is 9.10 Å². The number of nitrogens with one attached hydrogen (secondary N) is 1. The summed E-state index contributed by atoms with van der Waals surface area (Å²) in [5.41, 5.74) is 1.64. The fourth-order valence-corrected chi connectivity index (χ4v) is 4.46. The predicted octanol–water partition coefficient (Wildman–Crippen LogP) is 4.02. The van der Waals surface area contributed by atoms with Crippen molar-refractivity contribution in [3.63, 3.8) is 0 Å². The number of methoxy groups -OCH3 is 2. The Kier molecular flexibility index (Phi) is 7.05. The molecule has 8 heteroatoms. The fraction of sp³-hybridized carbons (Fsp3) is 0.208. The van der Waals surface area contributed by atoms with Gasteiger partial charge in [0.2, 0.25) is 0 Å². The van der Waals surface area contributed by atoms with Crippen LogP contribution in [0, 0.1) is 0 Å². The maximum atomic E-state index is 12.8. The Labute approximate surface area is 188 Å². The third-order valence-electron chi connectivity index (χ3n) is 5.15. The fourth-order valence-electron chi connectivity index (χ4n) is 3.25. The molecule has 3 rings (SSSR count). The number of nitrogens with zero attached hydrogens (tertiary/aromatic N) is 1. The highest BCUT2D eigenvalue weighted by molar-refractivity contribution is 7.92. The van der Waals surface area contributed by atoms with Gasteiger partial charge in [-0.25, -0.2) is 8.42 Å². The lowest BCUT2D eigenvalue weighted by Gasteiger charge is -2.20. The smallest absolute Gasteiger partial charge is 0.264 e. The van der Waals surface area contributed by atoms with Gasteiger partial charge in [-0.05, 0) is 61.5 Å². The van der Waals surface area contributed by atoms with Crippen molar-refractivity contribution in [2.24, 2.45) is 0 Å². The molecule has 3 aromatic rings. The van der Waals surface area contributed by atoms with E-state index < -0.39 is 10.0 Å². The Bertz CT molecular complexity index is 1180. The molecule has 0 bridgehead atoms.